The molecule has 122 valence electrons. The van der Waals surface area contributed by atoms with Crippen molar-refractivity contribution in [2.45, 2.75) is 19.3 Å². The zero-order valence-electron chi connectivity index (χ0n) is 13.7. The van der Waals surface area contributed by atoms with E-state index in [-0.39, 0.29) is 5.91 Å². The van der Waals surface area contributed by atoms with Crippen LogP contribution in [0, 0.1) is 5.92 Å². The Balaban J connectivity index is 1.39. The Hall–Kier alpha value is -2.55. The molecule has 0 radical (unpaired) electrons. The highest BCUT2D eigenvalue weighted by Crippen LogP contribution is 2.23. The number of aromatic nitrogens is 1. The van der Waals surface area contributed by atoms with E-state index >= 15 is 0 Å². The summed E-state index contributed by atoms with van der Waals surface area (Å²) in [5.41, 5.74) is 3.57. The lowest BCUT2D eigenvalue weighted by Gasteiger charge is -2.16. The maximum absolute atomic E-state index is 12.7. The first-order valence-corrected chi connectivity index (χ1v) is 8.66. The number of para-hydroxylation sites is 1. The normalized spacial score (nSPS) is 17.5. The van der Waals surface area contributed by atoms with E-state index in [0.29, 0.717) is 12.3 Å². The molecule has 2 heterocycles. The van der Waals surface area contributed by atoms with Crippen LogP contribution in [0.5, 0.6) is 0 Å². The van der Waals surface area contributed by atoms with Crippen molar-refractivity contribution in [1.82, 2.24) is 9.88 Å². The fourth-order valence-electron chi connectivity index (χ4n) is 3.73. The Morgan fingerprint density at radius 3 is 2.75 bits per heavy atom. The zero-order valence-corrected chi connectivity index (χ0v) is 13.7. The van der Waals surface area contributed by atoms with Crippen LogP contribution in [0.25, 0.3) is 10.9 Å². The number of amides is 1. The molecule has 1 amide bonds. The van der Waals surface area contributed by atoms with Gasteiger partial charge < -0.3 is 9.88 Å². The van der Waals surface area contributed by atoms with Crippen molar-refractivity contribution < 1.29 is 4.79 Å². The number of nitrogens with one attached hydrogen (secondary N) is 1. The van der Waals surface area contributed by atoms with E-state index in [9.17, 15) is 4.79 Å². The number of benzene rings is 2. The van der Waals surface area contributed by atoms with Crippen LogP contribution in [-0.4, -0.2) is 28.9 Å². The van der Waals surface area contributed by atoms with E-state index in [1.807, 2.05) is 23.2 Å². The molecule has 3 heteroatoms. The van der Waals surface area contributed by atoms with Gasteiger partial charge in [0.15, 0.2) is 0 Å². The molecule has 0 unspecified atom stereocenters. The van der Waals surface area contributed by atoms with Crippen molar-refractivity contribution >= 4 is 16.8 Å². The molecular formula is C21H22N2O. The average Bonchev–Trinajstić information content (AvgIpc) is 3.24. The number of carbonyl (C=O) groups excluding carboxylic acids is 1. The molecule has 0 aliphatic carbocycles. The van der Waals surface area contributed by atoms with Gasteiger partial charge in [-0.25, -0.2) is 0 Å². The molecule has 0 saturated carbocycles. The van der Waals surface area contributed by atoms with Crippen LogP contribution in [0.15, 0.2) is 60.8 Å². The van der Waals surface area contributed by atoms with E-state index in [1.165, 1.54) is 5.56 Å². The lowest BCUT2D eigenvalue weighted by Crippen LogP contribution is -2.30. The Morgan fingerprint density at radius 2 is 1.88 bits per heavy atom. The van der Waals surface area contributed by atoms with Gasteiger partial charge in [0, 0.05) is 30.2 Å². The third-order valence-corrected chi connectivity index (χ3v) is 5.02. The van der Waals surface area contributed by atoms with Gasteiger partial charge in [-0.05, 0) is 36.0 Å². The number of fused-ring (bicyclic) bond motifs is 1. The third-order valence-electron chi connectivity index (χ3n) is 5.02. The van der Waals surface area contributed by atoms with Crippen molar-refractivity contribution in [3.8, 4) is 0 Å². The SMILES string of the molecule is O=C(Cc1c[nH]c2ccccc12)N1CC[C@@H](Cc2ccccc2)C1. The monoisotopic (exact) mass is 318 g/mol. The van der Waals surface area contributed by atoms with Crippen LogP contribution >= 0.6 is 0 Å². The Bertz CT molecular complexity index is 837. The van der Waals surface area contributed by atoms with E-state index in [0.717, 1.165) is 42.4 Å². The van der Waals surface area contributed by atoms with E-state index in [1.54, 1.807) is 0 Å². The molecule has 1 aromatic heterocycles. The van der Waals surface area contributed by atoms with Gasteiger partial charge in [-0.3, -0.25) is 4.79 Å². The Labute approximate surface area is 142 Å². The third kappa shape index (κ3) is 3.07. The van der Waals surface area contributed by atoms with Crippen LogP contribution in [0.3, 0.4) is 0 Å². The molecule has 1 atom stereocenters. The summed E-state index contributed by atoms with van der Waals surface area (Å²) < 4.78 is 0. The average molecular weight is 318 g/mol. The fourth-order valence-corrected chi connectivity index (χ4v) is 3.73. The van der Waals surface area contributed by atoms with E-state index < -0.39 is 0 Å². The van der Waals surface area contributed by atoms with Crippen LogP contribution < -0.4 is 0 Å². The summed E-state index contributed by atoms with van der Waals surface area (Å²) in [6.07, 6.45) is 4.63. The molecule has 24 heavy (non-hydrogen) atoms. The lowest BCUT2D eigenvalue weighted by molar-refractivity contribution is -0.129. The van der Waals surface area contributed by atoms with Gasteiger partial charge in [0.25, 0.3) is 0 Å². The van der Waals surface area contributed by atoms with Crippen molar-refractivity contribution in [2.24, 2.45) is 5.92 Å². The molecular weight excluding hydrogens is 296 g/mol. The van der Waals surface area contributed by atoms with E-state index in [4.69, 9.17) is 0 Å². The highest BCUT2D eigenvalue weighted by molar-refractivity contribution is 5.88. The predicted octanol–water partition coefficient (Wildman–Crippen LogP) is 3.80. The second-order valence-corrected chi connectivity index (χ2v) is 6.72. The zero-order chi connectivity index (χ0) is 16.4. The number of aromatic amines is 1. The van der Waals surface area contributed by atoms with Gasteiger partial charge >= 0.3 is 0 Å². The molecule has 1 fully saturated rings. The molecule has 0 bridgehead atoms. The molecule has 1 aliphatic heterocycles. The summed E-state index contributed by atoms with van der Waals surface area (Å²) in [6, 6.07) is 18.7. The van der Waals surface area contributed by atoms with Gasteiger partial charge in [-0.2, -0.15) is 0 Å². The highest BCUT2D eigenvalue weighted by atomic mass is 16.2. The smallest absolute Gasteiger partial charge is 0.227 e. The summed E-state index contributed by atoms with van der Waals surface area (Å²) in [5.74, 6) is 0.828. The number of nitrogens with zero attached hydrogens (tertiary/aromatic N) is 1. The minimum atomic E-state index is 0.246. The van der Waals surface area contributed by atoms with Crippen LogP contribution in [0.4, 0.5) is 0 Å². The molecule has 0 spiro atoms. The minimum Gasteiger partial charge on any atom is -0.361 e. The summed E-state index contributed by atoms with van der Waals surface area (Å²) in [6.45, 7) is 1.77. The minimum absolute atomic E-state index is 0.246. The molecule has 1 saturated heterocycles. The first kappa shape index (κ1) is 15.0. The summed E-state index contributed by atoms with van der Waals surface area (Å²) in [7, 11) is 0. The van der Waals surface area contributed by atoms with Gasteiger partial charge in [0.2, 0.25) is 5.91 Å². The van der Waals surface area contributed by atoms with Crippen LogP contribution in [-0.2, 0) is 17.6 Å². The molecule has 3 nitrogen and oxygen atoms in total. The predicted molar refractivity (Wildman–Crippen MR) is 96.8 cm³/mol. The largest absolute Gasteiger partial charge is 0.361 e. The lowest BCUT2D eigenvalue weighted by atomic mass is 9.99. The number of hydrogen-bond donors (Lipinski definition) is 1. The maximum Gasteiger partial charge on any atom is 0.227 e. The summed E-state index contributed by atoms with van der Waals surface area (Å²) >= 11 is 0. The number of hydrogen-bond acceptors (Lipinski definition) is 1. The summed E-state index contributed by atoms with van der Waals surface area (Å²) in [4.78, 5) is 18.0. The topological polar surface area (TPSA) is 36.1 Å². The maximum atomic E-state index is 12.7. The van der Waals surface area contributed by atoms with Crippen molar-refractivity contribution in [3.05, 3.63) is 71.9 Å². The highest BCUT2D eigenvalue weighted by Gasteiger charge is 2.26. The van der Waals surface area contributed by atoms with Gasteiger partial charge in [-0.1, -0.05) is 48.5 Å². The standard InChI is InChI=1S/C21H22N2O/c24-21(13-18-14-22-20-9-5-4-8-19(18)20)23-11-10-17(15-23)12-16-6-2-1-3-7-16/h1-9,14,17,22H,10-13,15H2/t17-/m0/s1. The van der Waals surface area contributed by atoms with Gasteiger partial charge in [0.1, 0.15) is 0 Å². The molecule has 2 aromatic carbocycles. The second-order valence-electron chi connectivity index (χ2n) is 6.72. The first-order chi connectivity index (χ1) is 11.8. The molecule has 1 N–H and O–H groups in total. The number of carbonyl (C=O) groups is 1. The van der Waals surface area contributed by atoms with E-state index in [2.05, 4.69) is 47.4 Å². The van der Waals surface area contributed by atoms with Crippen molar-refractivity contribution in [1.29, 1.82) is 0 Å². The Kier molecular flexibility index (Phi) is 4.08. The van der Waals surface area contributed by atoms with Crippen molar-refractivity contribution in [2.75, 3.05) is 13.1 Å². The molecule has 4 rings (SSSR count). The molecule has 3 aromatic rings. The number of rotatable bonds is 4. The number of H-pyrrole nitrogens is 1. The molecule has 1 aliphatic rings. The fraction of sp³-hybridized carbons (Fsp3) is 0.286. The first-order valence-electron chi connectivity index (χ1n) is 8.66. The second kappa shape index (κ2) is 6.52. The number of likely N-dealkylation sites (tertiary alicyclic amines) is 1. The summed E-state index contributed by atoms with van der Waals surface area (Å²) in [5, 5.41) is 1.16. The quantitative estimate of drug-likeness (QED) is 0.780. The Morgan fingerprint density at radius 1 is 1.08 bits per heavy atom. The van der Waals surface area contributed by atoms with Gasteiger partial charge in [-0.15, -0.1) is 0 Å². The van der Waals surface area contributed by atoms with Crippen molar-refractivity contribution in [3.63, 3.8) is 0 Å². The van der Waals surface area contributed by atoms with Gasteiger partial charge in [0.05, 0.1) is 6.42 Å². The van der Waals surface area contributed by atoms with Crippen LogP contribution in [0.2, 0.25) is 0 Å². The van der Waals surface area contributed by atoms with Crippen LogP contribution in [0.1, 0.15) is 17.5 Å².